The van der Waals surface area contributed by atoms with Crippen LogP contribution in [0.15, 0.2) is 61.1 Å². The van der Waals surface area contributed by atoms with Gasteiger partial charge in [0.2, 0.25) is 5.91 Å². The highest BCUT2D eigenvalue weighted by Gasteiger charge is 2.59. The third-order valence-electron chi connectivity index (χ3n) is 7.55. The molecule has 2 N–H and O–H groups in total. The average Bonchev–Trinajstić information content (AvgIpc) is 3.29. The number of amides is 1. The first-order valence-electron chi connectivity index (χ1n) is 11.4. The molecule has 5 atom stereocenters. The van der Waals surface area contributed by atoms with Crippen molar-refractivity contribution in [2.75, 3.05) is 5.32 Å². The van der Waals surface area contributed by atoms with Crippen LogP contribution >= 0.6 is 0 Å². The Hall–Kier alpha value is -3.48. The number of aromatic nitrogens is 3. The molecule has 2 aliphatic carbocycles. The standard InChI is InChI=1S/C26H24F2N4O/c1-14(26(33)31-16-6-4-15(5-7-16)22-3-2-8-29-22)25-18-9-17(10-19(18)25)32-13-30-23-11-20(27)21(28)12-24(23)32/h2-8,11-14,17-19,25,29H,9-10H2,1H3,(H,31,33)/t14-,17?,18-,19+,25?/m0/s1. The Morgan fingerprint density at radius 2 is 1.85 bits per heavy atom. The SMILES string of the molecule is C[C@H](C(=O)Nc1ccc(-c2ccc[nH]2)cc1)C1[C@H]2CC(n3cnc4cc(F)c(F)cc43)C[C@@H]12. The molecular formula is C26H24F2N4O. The molecule has 33 heavy (non-hydrogen) atoms. The maximum absolute atomic E-state index is 13.7. The van der Waals surface area contributed by atoms with Crippen LogP contribution in [0.5, 0.6) is 0 Å². The van der Waals surface area contributed by atoms with Gasteiger partial charge in [-0.15, -0.1) is 0 Å². The van der Waals surface area contributed by atoms with Crippen molar-refractivity contribution in [2.24, 2.45) is 23.7 Å². The molecule has 5 nitrogen and oxygen atoms in total. The molecule has 2 aromatic carbocycles. The molecular weight excluding hydrogens is 422 g/mol. The van der Waals surface area contributed by atoms with E-state index in [-0.39, 0.29) is 17.9 Å². The minimum Gasteiger partial charge on any atom is -0.361 e. The van der Waals surface area contributed by atoms with Gasteiger partial charge in [-0.25, -0.2) is 13.8 Å². The number of halogens is 2. The van der Waals surface area contributed by atoms with E-state index < -0.39 is 11.6 Å². The summed E-state index contributed by atoms with van der Waals surface area (Å²) in [4.78, 5) is 20.3. The van der Waals surface area contributed by atoms with Gasteiger partial charge in [-0.1, -0.05) is 19.1 Å². The maximum atomic E-state index is 13.7. The molecule has 0 spiro atoms. The Morgan fingerprint density at radius 3 is 2.55 bits per heavy atom. The van der Waals surface area contributed by atoms with E-state index in [4.69, 9.17) is 0 Å². The van der Waals surface area contributed by atoms with Crippen LogP contribution in [0.4, 0.5) is 14.5 Å². The second kappa shape index (κ2) is 7.54. The van der Waals surface area contributed by atoms with Crippen molar-refractivity contribution < 1.29 is 13.6 Å². The van der Waals surface area contributed by atoms with Crippen molar-refractivity contribution in [3.05, 3.63) is 72.7 Å². The fourth-order valence-electron chi connectivity index (χ4n) is 5.82. The molecule has 6 rings (SSSR count). The van der Waals surface area contributed by atoms with Gasteiger partial charge >= 0.3 is 0 Å². The van der Waals surface area contributed by atoms with Gasteiger partial charge in [0.05, 0.1) is 17.4 Å². The summed E-state index contributed by atoms with van der Waals surface area (Å²) in [5.74, 6) is -0.428. The zero-order chi connectivity index (χ0) is 22.7. The summed E-state index contributed by atoms with van der Waals surface area (Å²) >= 11 is 0. The molecule has 7 heteroatoms. The number of rotatable bonds is 5. The Bertz CT molecular complexity index is 1320. The highest BCUT2D eigenvalue weighted by molar-refractivity contribution is 5.93. The largest absolute Gasteiger partial charge is 0.361 e. The first-order valence-corrected chi connectivity index (χ1v) is 11.4. The summed E-state index contributed by atoms with van der Waals surface area (Å²) in [6.45, 7) is 2.01. The average molecular weight is 447 g/mol. The quantitative estimate of drug-likeness (QED) is 0.408. The van der Waals surface area contributed by atoms with E-state index in [0.29, 0.717) is 28.8 Å². The molecule has 0 bridgehead atoms. The molecule has 2 fully saturated rings. The first-order chi connectivity index (χ1) is 16.0. The predicted molar refractivity (Wildman–Crippen MR) is 122 cm³/mol. The number of hydrogen-bond acceptors (Lipinski definition) is 2. The maximum Gasteiger partial charge on any atom is 0.227 e. The lowest BCUT2D eigenvalue weighted by molar-refractivity contribution is -0.120. The highest BCUT2D eigenvalue weighted by Crippen LogP contribution is 2.64. The van der Waals surface area contributed by atoms with Crippen molar-refractivity contribution in [1.82, 2.24) is 14.5 Å². The summed E-state index contributed by atoms with van der Waals surface area (Å²) in [6.07, 6.45) is 5.43. The zero-order valence-corrected chi connectivity index (χ0v) is 18.1. The number of nitrogens with zero attached hydrogens (tertiary/aromatic N) is 2. The molecule has 2 heterocycles. The first kappa shape index (κ1) is 20.1. The highest BCUT2D eigenvalue weighted by atomic mass is 19.2. The monoisotopic (exact) mass is 446 g/mol. The minimum atomic E-state index is -0.874. The minimum absolute atomic E-state index is 0.0456. The van der Waals surface area contributed by atoms with Crippen LogP contribution in [-0.2, 0) is 4.79 Å². The number of nitrogens with one attached hydrogen (secondary N) is 2. The number of hydrogen-bond donors (Lipinski definition) is 2. The Kier molecular flexibility index (Phi) is 4.60. The summed E-state index contributed by atoms with van der Waals surface area (Å²) in [5.41, 5.74) is 4.01. The molecule has 4 aromatic rings. The third kappa shape index (κ3) is 3.43. The topological polar surface area (TPSA) is 62.7 Å². The van der Waals surface area contributed by atoms with Gasteiger partial charge in [-0.2, -0.15) is 0 Å². The number of H-pyrrole nitrogens is 1. The normalized spacial score (nSPS) is 24.6. The van der Waals surface area contributed by atoms with Gasteiger partial charge in [-0.3, -0.25) is 4.79 Å². The van der Waals surface area contributed by atoms with Gasteiger partial charge in [0.25, 0.3) is 0 Å². The van der Waals surface area contributed by atoms with Gasteiger partial charge in [0.15, 0.2) is 11.6 Å². The fraction of sp³-hybridized carbons (Fsp3) is 0.308. The van der Waals surface area contributed by atoms with Gasteiger partial charge in [0, 0.05) is 41.7 Å². The summed E-state index contributed by atoms with van der Waals surface area (Å²) < 4.78 is 29.2. The molecule has 2 aliphatic rings. The molecule has 2 unspecified atom stereocenters. The lowest BCUT2D eigenvalue weighted by Gasteiger charge is -2.20. The Balaban J connectivity index is 1.09. The summed E-state index contributed by atoms with van der Waals surface area (Å²) in [5, 5.41) is 3.06. The van der Waals surface area contributed by atoms with E-state index in [9.17, 15) is 13.6 Å². The second-order valence-electron chi connectivity index (χ2n) is 9.38. The lowest BCUT2D eigenvalue weighted by Crippen LogP contribution is -2.24. The number of carbonyl (C=O) groups excluding carboxylic acids is 1. The third-order valence-corrected chi connectivity index (χ3v) is 7.55. The van der Waals surface area contributed by atoms with E-state index in [0.717, 1.165) is 35.9 Å². The van der Waals surface area contributed by atoms with Crippen LogP contribution in [0.3, 0.4) is 0 Å². The molecule has 0 aliphatic heterocycles. The summed E-state index contributed by atoms with van der Waals surface area (Å²) in [6, 6.07) is 14.4. The smallest absolute Gasteiger partial charge is 0.227 e. The fourth-order valence-corrected chi connectivity index (χ4v) is 5.82. The van der Waals surface area contributed by atoms with Gasteiger partial charge < -0.3 is 14.9 Å². The molecule has 0 radical (unpaired) electrons. The van der Waals surface area contributed by atoms with Crippen LogP contribution in [-0.4, -0.2) is 20.4 Å². The van der Waals surface area contributed by atoms with Crippen LogP contribution in [0.1, 0.15) is 25.8 Å². The summed E-state index contributed by atoms with van der Waals surface area (Å²) in [7, 11) is 0. The number of benzene rings is 2. The van der Waals surface area contributed by atoms with Gasteiger partial charge in [0.1, 0.15) is 0 Å². The predicted octanol–water partition coefficient (Wildman–Crippen LogP) is 5.78. The van der Waals surface area contributed by atoms with Crippen LogP contribution in [0.2, 0.25) is 0 Å². The van der Waals surface area contributed by atoms with Crippen molar-refractivity contribution >= 4 is 22.6 Å². The number of anilines is 1. The molecule has 2 saturated carbocycles. The van der Waals surface area contributed by atoms with E-state index in [1.54, 1.807) is 6.33 Å². The van der Waals surface area contributed by atoms with E-state index >= 15 is 0 Å². The second-order valence-corrected chi connectivity index (χ2v) is 9.38. The van der Waals surface area contributed by atoms with Crippen LogP contribution < -0.4 is 5.32 Å². The van der Waals surface area contributed by atoms with Crippen LogP contribution in [0, 0.1) is 35.3 Å². The van der Waals surface area contributed by atoms with E-state index in [1.807, 2.05) is 54.1 Å². The van der Waals surface area contributed by atoms with Crippen molar-refractivity contribution in [3.8, 4) is 11.3 Å². The van der Waals surface area contributed by atoms with E-state index in [1.165, 1.54) is 6.07 Å². The number of carbonyl (C=O) groups is 1. The Morgan fingerprint density at radius 1 is 1.12 bits per heavy atom. The van der Waals surface area contributed by atoms with Crippen molar-refractivity contribution in [2.45, 2.75) is 25.8 Å². The molecule has 1 amide bonds. The number of imidazole rings is 1. The molecule has 2 aromatic heterocycles. The zero-order valence-electron chi connectivity index (χ0n) is 18.1. The van der Waals surface area contributed by atoms with Crippen molar-refractivity contribution in [1.29, 1.82) is 0 Å². The van der Waals surface area contributed by atoms with E-state index in [2.05, 4.69) is 15.3 Å². The lowest BCUT2D eigenvalue weighted by atomic mass is 9.96. The molecule has 0 saturated heterocycles. The number of aromatic amines is 1. The Labute approximate surface area is 189 Å². The molecule has 168 valence electrons. The van der Waals surface area contributed by atoms with Gasteiger partial charge in [-0.05, 0) is 60.4 Å². The van der Waals surface area contributed by atoms with Crippen molar-refractivity contribution in [3.63, 3.8) is 0 Å². The van der Waals surface area contributed by atoms with Crippen LogP contribution in [0.25, 0.3) is 22.3 Å². The number of fused-ring (bicyclic) bond motifs is 2.